The summed E-state index contributed by atoms with van der Waals surface area (Å²) >= 11 is 0. The molecule has 0 radical (unpaired) electrons. The molecule has 1 saturated heterocycles. The fraction of sp³-hybridized carbons (Fsp3) is 0.286. The van der Waals surface area contributed by atoms with Crippen LogP contribution in [0.3, 0.4) is 0 Å². The zero-order valence-corrected chi connectivity index (χ0v) is 25.9. The third-order valence-corrected chi connectivity index (χ3v) is 8.13. The van der Waals surface area contributed by atoms with Crippen LogP contribution in [0.5, 0.6) is 11.6 Å². The first-order valence-corrected chi connectivity index (χ1v) is 15.4. The Labute approximate surface area is 271 Å². The Morgan fingerprint density at radius 1 is 1.13 bits per heavy atom. The van der Waals surface area contributed by atoms with Gasteiger partial charge in [-0.2, -0.15) is 5.26 Å². The van der Waals surface area contributed by atoms with E-state index < -0.39 is 11.8 Å². The van der Waals surface area contributed by atoms with Gasteiger partial charge in [0.2, 0.25) is 5.88 Å². The van der Waals surface area contributed by atoms with E-state index in [0.29, 0.717) is 24.7 Å². The van der Waals surface area contributed by atoms with E-state index >= 15 is 0 Å². The molecule has 11 nitrogen and oxygen atoms in total. The van der Waals surface area contributed by atoms with Crippen LogP contribution in [-0.2, 0) is 31.0 Å². The van der Waals surface area contributed by atoms with Gasteiger partial charge in [-0.3, -0.25) is 4.90 Å². The number of likely N-dealkylation sites (tertiary alicyclic amines) is 1. The summed E-state index contributed by atoms with van der Waals surface area (Å²) in [5.74, 6) is -0.108. The van der Waals surface area contributed by atoms with Crippen LogP contribution < -0.4 is 9.47 Å². The van der Waals surface area contributed by atoms with Gasteiger partial charge in [-0.25, -0.2) is 24.1 Å². The predicted octanol–water partition coefficient (Wildman–Crippen LogP) is 5.43. The van der Waals surface area contributed by atoms with Crippen molar-refractivity contribution in [3.8, 4) is 17.7 Å². The summed E-state index contributed by atoms with van der Waals surface area (Å²) in [7, 11) is 0. The van der Waals surface area contributed by atoms with Crippen LogP contribution in [0.2, 0.25) is 0 Å². The molecule has 4 heterocycles. The van der Waals surface area contributed by atoms with Crippen LogP contribution in [0.1, 0.15) is 48.1 Å². The Kier molecular flexibility index (Phi) is 9.54. The topological polar surface area (TPSA) is 131 Å². The predicted molar refractivity (Wildman–Crippen MR) is 172 cm³/mol. The maximum Gasteiger partial charge on any atom is 0.328 e. The number of imidazole rings is 2. The summed E-state index contributed by atoms with van der Waals surface area (Å²) in [4.78, 5) is 27.3. The number of carbonyl (C=O) groups is 1. The number of piperidine rings is 1. The summed E-state index contributed by atoms with van der Waals surface area (Å²) in [6.45, 7) is 5.82. The first-order valence-electron chi connectivity index (χ1n) is 15.4. The van der Waals surface area contributed by atoms with Gasteiger partial charge in [0.1, 0.15) is 18.5 Å². The van der Waals surface area contributed by atoms with Crippen molar-refractivity contribution in [3.63, 3.8) is 0 Å². The van der Waals surface area contributed by atoms with Crippen LogP contribution in [0.25, 0.3) is 17.1 Å². The fourth-order valence-corrected chi connectivity index (χ4v) is 5.68. The van der Waals surface area contributed by atoms with E-state index in [0.717, 1.165) is 72.7 Å². The number of aliphatic carboxylic acids is 1. The van der Waals surface area contributed by atoms with Crippen LogP contribution in [0, 0.1) is 17.1 Å². The summed E-state index contributed by atoms with van der Waals surface area (Å²) < 4.78 is 30.3. The number of ether oxygens (including phenoxy) is 2. The third-order valence-electron chi connectivity index (χ3n) is 8.13. The summed E-state index contributed by atoms with van der Waals surface area (Å²) in [6.07, 6.45) is 8.04. The minimum atomic E-state index is -0.993. The highest BCUT2D eigenvalue weighted by atomic mass is 19.1. The van der Waals surface area contributed by atoms with Crippen molar-refractivity contribution in [1.29, 1.82) is 5.26 Å². The third kappa shape index (κ3) is 7.65. The Morgan fingerprint density at radius 2 is 1.98 bits per heavy atom. The van der Waals surface area contributed by atoms with E-state index in [1.54, 1.807) is 18.2 Å². The molecule has 6 rings (SSSR count). The van der Waals surface area contributed by atoms with Gasteiger partial charge in [0.05, 0.1) is 53.5 Å². The molecule has 240 valence electrons. The minimum absolute atomic E-state index is 0.00723. The molecule has 0 aliphatic carbocycles. The number of hydrogen-bond acceptors (Lipinski definition) is 8. The van der Waals surface area contributed by atoms with E-state index in [9.17, 15) is 9.18 Å². The lowest BCUT2D eigenvalue weighted by molar-refractivity contribution is -0.131. The van der Waals surface area contributed by atoms with E-state index in [4.69, 9.17) is 24.8 Å². The standard InChI is InChI=1S/C35H34FN7O4/c1-2-42-23-38-19-27(42)20-43-31-17-24(8-11-35(44)45)6-9-30(31)40-33(43)21-41-14-12-28(13-15-41)47-34-5-3-4-26(39-34)22-46-32-10-7-25(18-37)16-29(32)36/h3-11,16-17,19,23,28H,2,12-15,20-22H2,1H3,(H,44,45)/b11-8+. The van der Waals surface area contributed by atoms with E-state index in [1.165, 1.54) is 12.1 Å². The number of carboxylic acids is 1. The molecule has 1 N–H and O–H groups in total. The largest absolute Gasteiger partial charge is 0.484 e. The molecule has 1 fully saturated rings. The van der Waals surface area contributed by atoms with Crippen molar-refractivity contribution >= 4 is 23.1 Å². The Balaban J connectivity index is 1.10. The molecule has 2 aromatic carbocycles. The number of benzene rings is 2. The van der Waals surface area contributed by atoms with Gasteiger partial charge in [-0.05, 0) is 67.8 Å². The number of rotatable bonds is 12. The Bertz CT molecular complexity index is 1950. The van der Waals surface area contributed by atoms with Crippen molar-refractivity contribution in [3.05, 3.63) is 107 Å². The number of carboxylic acid groups (broad SMARTS) is 1. The number of halogens is 1. The molecule has 1 aliphatic heterocycles. The first kappa shape index (κ1) is 31.4. The fourth-order valence-electron chi connectivity index (χ4n) is 5.68. The van der Waals surface area contributed by atoms with Crippen LogP contribution >= 0.6 is 0 Å². The smallest absolute Gasteiger partial charge is 0.328 e. The molecular weight excluding hydrogens is 601 g/mol. The van der Waals surface area contributed by atoms with Gasteiger partial charge >= 0.3 is 5.97 Å². The van der Waals surface area contributed by atoms with Crippen LogP contribution in [0.15, 0.2) is 73.2 Å². The van der Waals surface area contributed by atoms with Crippen molar-refractivity contribution < 1.29 is 23.8 Å². The lowest BCUT2D eigenvalue weighted by Crippen LogP contribution is -2.38. The van der Waals surface area contributed by atoms with Crippen molar-refractivity contribution in [2.24, 2.45) is 0 Å². The first-order chi connectivity index (χ1) is 22.9. The number of nitriles is 1. The van der Waals surface area contributed by atoms with Crippen LogP contribution in [-0.4, -0.2) is 59.3 Å². The number of hydrogen-bond donors (Lipinski definition) is 1. The lowest BCUT2D eigenvalue weighted by Gasteiger charge is -2.31. The molecule has 0 atom stereocenters. The number of nitrogens with zero attached hydrogens (tertiary/aromatic N) is 7. The van der Waals surface area contributed by atoms with Crippen molar-refractivity contribution in [1.82, 2.24) is 29.0 Å². The molecule has 12 heteroatoms. The Morgan fingerprint density at radius 3 is 2.74 bits per heavy atom. The van der Waals surface area contributed by atoms with E-state index in [1.807, 2.05) is 42.9 Å². The quantitative estimate of drug-likeness (QED) is 0.178. The molecule has 0 unspecified atom stereocenters. The zero-order chi connectivity index (χ0) is 32.8. The molecule has 1 aliphatic rings. The monoisotopic (exact) mass is 635 g/mol. The zero-order valence-electron chi connectivity index (χ0n) is 25.9. The van der Waals surface area contributed by atoms with Gasteiger partial charge in [0.25, 0.3) is 0 Å². The second-order valence-electron chi connectivity index (χ2n) is 11.3. The second kappa shape index (κ2) is 14.3. The number of pyridine rings is 1. The van der Waals surface area contributed by atoms with Crippen molar-refractivity contribution in [2.75, 3.05) is 13.1 Å². The summed E-state index contributed by atoms with van der Waals surface area (Å²) in [6, 6.07) is 17.2. The SMILES string of the molecule is CCn1cncc1Cn1c(CN2CCC(Oc3cccc(COc4ccc(C#N)cc4F)n3)CC2)nc2ccc(/C=C/C(=O)O)cc21. The summed E-state index contributed by atoms with van der Waals surface area (Å²) in [5, 5.41) is 18.0. The van der Waals surface area contributed by atoms with Gasteiger partial charge in [-0.15, -0.1) is 0 Å². The van der Waals surface area contributed by atoms with E-state index in [-0.39, 0.29) is 24.0 Å². The second-order valence-corrected chi connectivity index (χ2v) is 11.3. The number of aromatic nitrogens is 5. The molecule has 3 aromatic heterocycles. The van der Waals surface area contributed by atoms with Crippen molar-refractivity contribution in [2.45, 2.75) is 52.1 Å². The van der Waals surface area contributed by atoms with E-state index in [2.05, 4.69) is 30.9 Å². The molecule has 0 bridgehead atoms. The maximum atomic E-state index is 14.2. The Hall–Kier alpha value is -5.54. The van der Waals surface area contributed by atoms with Gasteiger partial charge < -0.3 is 23.7 Å². The molecule has 0 saturated carbocycles. The summed E-state index contributed by atoms with van der Waals surface area (Å²) in [5.41, 5.74) is 4.48. The molecule has 0 spiro atoms. The molecule has 0 amide bonds. The van der Waals surface area contributed by atoms with Gasteiger partial charge in [0.15, 0.2) is 11.6 Å². The average molecular weight is 636 g/mol. The maximum absolute atomic E-state index is 14.2. The number of fused-ring (bicyclic) bond motifs is 1. The van der Waals surface area contributed by atoms with Gasteiger partial charge in [0, 0.05) is 38.0 Å². The normalized spacial score (nSPS) is 14.1. The lowest BCUT2D eigenvalue weighted by atomic mass is 10.1. The molecule has 5 aromatic rings. The van der Waals surface area contributed by atoms with Crippen LogP contribution in [0.4, 0.5) is 4.39 Å². The average Bonchev–Trinajstić information content (AvgIpc) is 3.67. The minimum Gasteiger partial charge on any atom is -0.484 e. The van der Waals surface area contributed by atoms with Gasteiger partial charge in [-0.1, -0.05) is 12.1 Å². The highest BCUT2D eigenvalue weighted by molar-refractivity contribution is 5.87. The highest BCUT2D eigenvalue weighted by Crippen LogP contribution is 2.25. The molecular formula is C35H34FN7O4. The molecule has 47 heavy (non-hydrogen) atoms. The highest BCUT2D eigenvalue weighted by Gasteiger charge is 2.23. The number of aryl methyl sites for hydroxylation is 1.